The third kappa shape index (κ3) is 8.78. The third-order valence-electron chi connectivity index (χ3n) is 6.88. The minimum absolute atomic E-state index is 0.0996. The molecule has 0 radical (unpaired) electrons. The quantitative estimate of drug-likeness (QED) is 0.130. The van der Waals surface area contributed by atoms with Gasteiger partial charge in [0.2, 0.25) is 0 Å². The lowest BCUT2D eigenvalue weighted by molar-refractivity contribution is 0.503. The van der Waals surface area contributed by atoms with E-state index in [-0.39, 0.29) is 5.92 Å². The van der Waals surface area contributed by atoms with Crippen LogP contribution in [-0.2, 0) is 12.8 Å². The van der Waals surface area contributed by atoms with Gasteiger partial charge in [0.1, 0.15) is 0 Å². The number of nitriles is 1. The molecule has 0 aliphatic rings. The topological polar surface area (TPSA) is 57.1 Å². The molecule has 3 rings (SSSR count). The summed E-state index contributed by atoms with van der Waals surface area (Å²) in [6, 6.07) is 17.9. The van der Waals surface area contributed by atoms with Crippen LogP contribution in [-0.4, -0.2) is 13.1 Å². The second kappa shape index (κ2) is 16.2. The average Bonchev–Trinajstić information content (AvgIpc) is 2.91. The smallest absolute Gasteiger partial charge is 0.292 e. The molecular weight excluding hydrogens is 490 g/mol. The molecule has 40 heavy (non-hydrogen) atoms. The SMILES string of the molecule is C=CNCCc1ccc(C(CC(=C)C)c2ccc(NCC)c(OC#N)c2C)cc1Cc1cc(C)cc(C)c1.CC. The first kappa shape index (κ1) is 32.2. The molecule has 1 unspecified atom stereocenters. The van der Waals surface area contributed by atoms with Crippen LogP contribution >= 0.6 is 0 Å². The van der Waals surface area contributed by atoms with E-state index < -0.39 is 0 Å². The van der Waals surface area contributed by atoms with E-state index in [2.05, 4.69) is 87.0 Å². The fourth-order valence-electron chi connectivity index (χ4n) is 5.32. The second-order valence-electron chi connectivity index (χ2n) is 10.2. The van der Waals surface area contributed by atoms with Crippen molar-refractivity contribution in [1.82, 2.24) is 5.32 Å². The lowest BCUT2D eigenvalue weighted by atomic mass is 9.82. The number of benzene rings is 3. The van der Waals surface area contributed by atoms with Gasteiger partial charge in [0.15, 0.2) is 5.75 Å². The van der Waals surface area contributed by atoms with Gasteiger partial charge in [-0.1, -0.05) is 79.6 Å². The zero-order valence-electron chi connectivity index (χ0n) is 25.6. The van der Waals surface area contributed by atoms with E-state index in [4.69, 9.17) is 4.74 Å². The summed E-state index contributed by atoms with van der Waals surface area (Å²) in [5.41, 5.74) is 11.9. The normalized spacial score (nSPS) is 10.9. The van der Waals surface area contributed by atoms with Crippen LogP contribution in [0, 0.1) is 32.3 Å². The summed E-state index contributed by atoms with van der Waals surface area (Å²) in [4.78, 5) is 0. The Kier molecular flexibility index (Phi) is 13.1. The van der Waals surface area contributed by atoms with Crippen molar-refractivity contribution in [3.8, 4) is 12.0 Å². The molecule has 0 amide bonds. The largest absolute Gasteiger partial charge is 0.391 e. The Morgan fingerprint density at radius 2 is 1.73 bits per heavy atom. The summed E-state index contributed by atoms with van der Waals surface area (Å²) in [7, 11) is 0. The number of allylic oxidation sites excluding steroid dienone is 1. The van der Waals surface area contributed by atoms with E-state index in [1.54, 1.807) is 6.20 Å². The van der Waals surface area contributed by atoms with Gasteiger partial charge in [-0.3, -0.25) is 0 Å². The highest BCUT2D eigenvalue weighted by molar-refractivity contribution is 5.64. The van der Waals surface area contributed by atoms with Gasteiger partial charge in [-0.15, -0.1) is 11.8 Å². The number of hydrogen-bond acceptors (Lipinski definition) is 4. The van der Waals surface area contributed by atoms with Gasteiger partial charge < -0.3 is 15.4 Å². The maximum absolute atomic E-state index is 9.34. The zero-order chi connectivity index (χ0) is 29.7. The van der Waals surface area contributed by atoms with E-state index in [0.717, 1.165) is 54.7 Å². The number of aryl methyl sites for hydroxylation is 2. The summed E-state index contributed by atoms with van der Waals surface area (Å²) >= 11 is 0. The first-order valence-electron chi connectivity index (χ1n) is 14.4. The van der Waals surface area contributed by atoms with Crippen molar-refractivity contribution in [2.75, 3.05) is 18.4 Å². The van der Waals surface area contributed by atoms with Crippen molar-refractivity contribution >= 4 is 5.69 Å². The number of ether oxygens (including phenoxy) is 1. The van der Waals surface area contributed by atoms with Gasteiger partial charge in [0, 0.05) is 19.0 Å². The maximum atomic E-state index is 9.34. The monoisotopic (exact) mass is 537 g/mol. The molecule has 212 valence electrons. The van der Waals surface area contributed by atoms with Crippen molar-refractivity contribution in [3.05, 3.63) is 118 Å². The first-order chi connectivity index (χ1) is 19.3. The molecule has 0 aliphatic carbocycles. The highest BCUT2D eigenvalue weighted by atomic mass is 16.5. The molecule has 4 nitrogen and oxygen atoms in total. The first-order valence-corrected chi connectivity index (χ1v) is 14.4. The number of rotatable bonds is 13. The molecular formula is C36H47N3O. The Morgan fingerprint density at radius 1 is 1.02 bits per heavy atom. The molecule has 0 bridgehead atoms. The van der Waals surface area contributed by atoms with Gasteiger partial charge >= 0.3 is 0 Å². The van der Waals surface area contributed by atoms with Crippen LogP contribution in [0.3, 0.4) is 0 Å². The molecule has 1 atom stereocenters. The zero-order valence-corrected chi connectivity index (χ0v) is 25.6. The molecule has 0 spiro atoms. The number of nitrogens with one attached hydrogen (secondary N) is 2. The fraction of sp³-hybridized carbons (Fsp3) is 0.361. The molecule has 4 heteroatoms. The highest BCUT2D eigenvalue weighted by Crippen LogP contribution is 2.40. The molecule has 2 N–H and O–H groups in total. The predicted octanol–water partition coefficient (Wildman–Crippen LogP) is 8.89. The van der Waals surface area contributed by atoms with Crippen molar-refractivity contribution in [1.29, 1.82) is 5.26 Å². The predicted molar refractivity (Wildman–Crippen MR) is 171 cm³/mol. The van der Waals surface area contributed by atoms with Crippen LogP contribution in [0.25, 0.3) is 0 Å². The molecule has 0 saturated carbocycles. The summed E-state index contributed by atoms with van der Waals surface area (Å²) < 4.78 is 5.46. The van der Waals surface area contributed by atoms with Gasteiger partial charge in [-0.25, -0.2) is 0 Å². The summed E-state index contributed by atoms with van der Waals surface area (Å²) in [6.07, 6.45) is 6.24. The van der Waals surface area contributed by atoms with Crippen LogP contribution in [0.5, 0.6) is 5.75 Å². The fourth-order valence-corrected chi connectivity index (χ4v) is 5.32. The van der Waals surface area contributed by atoms with E-state index >= 15 is 0 Å². The van der Waals surface area contributed by atoms with Crippen LogP contribution in [0.1, 0.15) is 84.5 Å². The van der Waals surface area contributed by atoms with Crippen molar-refractivity contribution < 1.29 is 4.74 Å². The highest BCUT2D eigenvalue weighted by Gasteiger charge is 2.22. The molecule has 0 aliphatic heterocycles. The Labute approximate surface area is 242 Å². The van der Waals surface area contributed by atoms with Crippen molar-refractivity contribution in [2.45, 2.75) is 73.6 Å². The van der Waals surface area contributed by atoms with Crippen LogP contribution in [0.2, 0.25) is 0 Å². The van der Waals surface area contributed by atoms with Crippen molar-refractivity contribution in [2.24, 2.45) is 0 Å². The Morgan fingerprint density at radius 3 is 2.33 bits per heavy atom. The molecule has 0 saturated heterocycles. The molecule has 3 aromatic carbocycles. The number of anilines is 1. The number of nitrogens with zero attached hydrogens (tertiary/aromatic N) is 1. The second-order valence-corrected chi connectivity index (χ2v) is 10.2. The van der Waals surface area contributed by atoms with Crippen LogP contribution in [0.15, 0.2) is 73.5 Å². The maximum Gasteiger partial charge on any atom is 0.292 e. The average molecular weight is 538 g/mol. The third-order valence-corrected chi connectivity index (χ3v) is 6.88. The van der Waals surface area contributed by atoms with E-state index in [1.807, 2.05) is 40.0 Å². The Bertz CT molecular complexity index is 1310. The van der Waals surface area contributed by atoms with E-state index in [9.17, 15) is 5.26 Å². The van der Waals surface area contributed by atoms with Gasteiger partial charge in [0.25, 0.3) is 6.26 Å². The number of hydrogen-bond donors (Lipinski definition) is 2. The van der Waals surface area contributed by atoms with Gasteiger partial charge in [-0.05, 0) is 99.5 Å². The van der Waals surface area contributed by atoms with Gasteiger partial charge in [0.05, 0.1) is 5.69 Å². The minimum atomic E-state index is 0.0996. The van der Waals surface area contributed by atoms with Crippen molar-refractivity contribution in [3.63, 3.8) is 0 Å². The summed E-state index contributed by atoms with van der Waals surface area (Å²) in [5.74, 6) is 0.698. The Balaban J connectivity index is 0.00000274. The van der Waals surface area contributed by atoms with E-state index in [1.165, 1.54) is 33.4 Å². The molecule has 3 aromatic rings. The van der Waals surface area contributed by atoms with Gasteiger partial charge in [-0.2, -0.15) is 0 Å². The Hall–Kier alpha value is -3.97. The minimum Gasteiger partial charge on any atom is -0.391 e. The van der Waals surface area contributed by atoms with E-state index in [0.29, 0.717) is 5.75 Å². The molecule has 0 aromatic heterocycles. The van der Waals surface area contributed by atoms with Crippen LogP contribution in [0.4, 0.5) is 5.69 Å². The van der Waals surface area contributed by atoms with Crippen LogP contribution < -0.4 is 15.4 Å². The molecule has 0 fully saturated rings. The summed E-state index contributed by atoms with van der Waals surface area (Å²) in [6.45, 7) is 24.1. The molecule has 0 heterocycles. The lowest BCUT2D eigenvalue weighted by Crippen LogP contribution is -2.12. The lowest BCUT2D eigenvalue weighted by Gasteiger charge is -2.24. The standard InChI is InChI=1S/C34H41N3O.C2H6/c1-8-36-15-14-28-10-11-29(21-30(28)20-27-18-24(5)17-25(6)19-27)32(16-23(3)4)31-12-13-33(37-9-2)34(26(31)7)38-22-35;1-2/h8,10-13,17-19,21,32,36-37H,1,3,9,14-16,20H2,2,4-7H3;1-2H3. The summed E-state index contributed by atoms with van der Waals surface area (Å²) in [5, 5.41) is 15.9.